The molecular formula is C11H15ClO2. The van der Waals surface area contributed by atoms with Gasteiger partial charge < -0.3 is 5.11 Å². The second-order valence-corrected chi connectivity index (χ2v) is 3.08. The van der Waals surface area contributed by atoms with Crippen LogP contribution in [0, 0.1) is 13.8 Å². The van der Waals surface area contributed by atoms with Crippen molar-refractivity contribution in [1.29, 1.82) is 0 Å². The number of carbonyl (C=O) groups is 1. The summed E-state index contributed by atoms with van der Waals surface area (Å²) in [6.45, 7) is 7.46. The van der Waals surface area contributed by atoms with Gasteiger partial charge in [0.1, 0.15) is 0 Å². The first-order valence-electron chi connectivity index (χ1n) is 4.53. The Morgan fingerprint density at radius 1 is 1.29 bits per heavy atom. The summed E-state index contributed by atoms with van der Waals surface area (Å²) in [5, 5.41) is 9.31. The first-order chi connectivity index (χ1) is 6.54. The minimum Gasteiger partial charge on any atom is -0.478 e. The van der Waals surface area contributed by atoms with Crippen molar-refractivity contribution in [3.8, 4) is 0 Å². The number of hydrogen-bond acceptors (Lipinski definition) is 1. The van der Waals surface area contributed by atoms with Crippen molar-refractivity contribution in [1.82, 2.24) is 0 Å². The maximum absolute atomic E-state index is 10.7. The maximum atomic E-state index is 10.7. The molecule has 1 aromatic carbocycles. The van der Waals surface area contributed by atoms with E-state index in [1.807, 2.05) is 13.8 Å². The topological polar surface area (TPSA) is 37.3 Å². The summed E-state index contributed by atoms with van der Waals surface area (Å²) in [6.07, 6.45) is 0. The Morgan fingerprint density at radius 2 is 1.79 bits per heavy atom. The second-order valence-electron chi connectivity index (χ2n) is 2.67. The van der Waals surface area contributed by atoms with Gasteiger partial charge in [-0.25, -0.2) is 4.79 Å². The molecule has 3 heteroatoms. The van der Waals surface area contributed by atoms with Gasteiger partial charge in [-0.2, -0.15) is 0 Å². The molecule has 0 spiro atoms. The van der Waals surface area contributed by atoms with Gasteiger partial charge in [0.15, 0.2) is 0 Å². The highest BCUT2D eigenvalue weighted by Crippen LogP contribution is 2.21. The summed E-state index contributed by atoms with van der Waals surface area (Å²) in [5.41, 5.74) is 1.68. The molecule has 0 saturated carbocycles. The Morgan fingerprint density at radius 3 is 2.14 bits per heavy atom. The molecule has 0 aliphatic heterocycles. The summed E-state index contributed by atoms with van der Waals surface area (Å²) in [5.74, 6) is -0.924. The summed E-state index contributed by atoms with van der Waals surface area (Å²) >= 11 is 5.77. The molecule has 1 rings (SSSR count). The monoisotopic (exact) mass is 214 g/mol. The zero-order valence-corrected chi connectivity index (χ0v) is 9.64. The van der Waals surface area contributed by atoms with Crippen LogP contribution in [-0.2, 0) is 0 Å². The molecule has 1 aromatic rings. The normalized spacial score (nSPS) is 8.93. The standard InChI is InChI=1S/C9H9ClO2.C2H6/c1-5-3-4-7(10)6(2)8(5)9(11)12;1-2/h3-4H,1-2H3,(H,11,12);1-2H3. The maximum Gasteiger partial charge on any atom is 0.336 e. The van der Waals surface area contributed by atoms with Crippen molar-refractivity contribution in [3.05, 3.63) is 33.8 Å². The lowest BCUT2D eigenvalue weighted by Crippen LogP contribution is -2.02. The van der Waals surface area contributed by atoms with Gasteiger partial charge in [-0.15, -0.1) is 0 Å². The lowest BCUT2D eigenvalue weighted by molar-refractivity contribution is 0.0695. The van der Waals surface area contributed by atoms with Crippen LogP contribution in [0.1, 0.15) is 35.3 Å². The van der Waals surface area contributed by atoms with E-state index < -0.39 is 5.97 Å². The Balaban J connectivity index is 0.000000791. The van der Waals surface area contributed by atoms with Gasteiger partial charge in [-0.3, -0.25) is 0 Å². The fourth-order valence-corrected chi connectivity index (χ4v) is 1.31. The number of carboxylic acid groups (broad SMARTS) is 1. The highest BCUT2D eigenvalue weighted by atomic mass is 35.5. The van der Waals surface area contributed by atoms with E-state index in [0.717, 1.165) is 5.56 Å². The Kier molecular flexibility index (Phi) is 5.24. The number of rotatable bonds is 1. The van der Waals surface area contributed by atoms with Gasteiger partial charge in [0, 0.05) is 5.02 Å². The van der Waals surface area contributed by atoms with Crippen molar-refractivity contribution in [3.63, 3.8) is 0 Å². The SMILES string of the molecule is CC.Cc1ccc(Cl)c(C)c1C(=O)O. The smallest absolute Gasteiger partial charge is 0.336 e. The van der Waals surface area contributed by atoms with Crippen LogP contribution in [0.4, 0.5) is 0 Å². The van der Waals surface area contributed by atoms with Crippen LogP contribution in [0.5, 0.6) is 0 Å². The van der Waals surface area contributed by atoms with Crippen molar-refractivity contribution in [2.75, 3.05) is 0 Å². The fraction of sp³-hybridized carbons (Fsp3) is 0.364. The third-order valence-corrected chi connectivity index (χ3v) is 2.23. The minimum atomic E-state index is -0.924. The van der Waals surface area contributed by atoms with E-state index in [1.165, 1.54) is 0 Å². The average molecular weight is 215 g/mol. The Bertz CT molecular complexity index is 332. The number of carboxylic acids is 1. The number of aromatic carboxylic acids is 1. The summed E-state index contributed by atoms with van der Waals surface area (Å²) in [7, 11) is 0. The lowest BCUT2D eigenvalue weighted by atomic mass is 10.0. The summed E-state index contributed by atoms with van der Waals surface area (Å²) in [6, 6.07) is 3.41. The molecule has 0 saturated heterocycles. The number of hydrogen-bond donors (Lipinski definition) is 1. The predicted octanol–water partition coefficient (Wildman–Crippen LogP) is 3.68. The molecule has 0 aliphatic carbocycles. The zero-order valence-electron chi connectivity index (χ0n) is 8.89. The first kappa shape index (κ1) is 13.0. The largest absolute Gasteiger partial charge is 0.478 e. The molecule has 0 amide bonds. The molecule has 78 valence electrons. The third kappa shape index (κ3) is 2.74. The summed E-state index contributed by atoms with van der Waals surface area (Å²) in [4.78, 5) is 10.7. The van der Waals surface area contributed by atoms with Crippen molar-refractivity contribution >= 4 is 17.6 Å². The van der Waals surface area contributed by atoms with Gasteiger partial charge in [0.2, 0.25) is 0 Å². The number of benzene rings is 1. The van der Waals surface area contributed by atoms with E-state index in [0.29, 0.717) is 16.1 Å². The molecule has 0 fully saturated rings. The van der Waals surface area contributed by atoms with Crippen LogP contribution in [0.25, 0.3) is 0 Å². The first-order valence-corrected chi connectivity index (χ1v) is 4.91. The van der Waals surface area contributed by atoms with E-state index in [9.17, 15) is 4.79 Å². The molecule has 0 aromatic heterocycles. The van der Waals surface area contributed by atoms with Crippen LogP contribution >= 0.6 is 11.6 Å². The van der Waals surface area contributed by atoms with Gasteiger partial charge in [0.25, 0.3) is 0 Å². The second kappa shape index (κ2) is 5.66. The minimum absolute atomic E-state index is 0.308. The van der Waals surface area contributed by atoms with Gasteiger partial charge in [-0.1, -0.05) is 31.5 Å². The highest BCUT2D eigenvalue weighted by Gasteiger charge is 2.12. The van der Waals surface area contributed by atoms with Gasteiger partial charge in [-0.05, 0) is 31.0 Å². The van der Waals surface area contributed by atoms with Gasteiger partial charge in [0.05, 0.1) is 5.56 Å². The molecule has 0 aliphatic rings. The molecular weight excluding hydrogens is 200 g/mol. The van der Waals surface area contributed by atoms with E-state index in [2.05, 4.69) is 0 Å². The Hall–Kier alpha value is -1.02. The van der Waals surface area contributed by atoms with Crippen LogP contribution in [0.3, 0.4) is 0 Å². The van der Waals surface area contributed by atoms with Crippen LogP contribution in [0.15, 0.2) is 12.1 Å². The van der Waals surface area contributed by atoms with E-state index in [4.69, 9.17) is 16.7 Å². The Labute approximate surface area is 89.5 Å². The van der Waals surface area contributed by atoms with E-state index in [1.54, 1.807) is 26.0 Å². The van der Waals surface area contributed by atoms with Crippen molar-refractivity contribution in [2.45, 2.75) is 27.7 Å². The zero-order chi connectivity index (χ0) is 11.3. The van der Waals surface area contributed by atoms with Crippen molar-refractivity contribution in [2.24, 2.45) is 0 Å². The summed E-state index contributed by atoms with van der Waals surface area (Å²) < 4.78 is 0. The molecule has 0 heterocycles. The van der Waals surface area contributed by atoms with E-state index >= 15 is 0 Å². The lowest BCUT2D eigenvalue weighted by Gasteiger charge is -2.05. The molecule has 0 radical (unpaired) electrons. The van der Waals surface area contributed by atoms with Crippen LogP contribution in [0.2, 0.25) is 5.02 Å². The molecule has 0 bridgehead atoms. The average Bonchev–Trinajstić information content (AvgIpc) is 2.15. The van der Waals surface area contributed by atoms with Crippen LogP contribution in [-0.4, -0.2) is 11.1 Å². The van der Waals surface area contributed by atoms with Crippen molar-refractivity contribution < 1.29 is 9.90 Å². The van der Waals surface area contributed by atoms with Crippen LogP contribution < -0.4 is 0 Å². The molecule has 14 heavy (non-hydrogen) atoms. The van der Waals surface area contributed by atoms with Gasteiger partial charge >= 0.3 is 5.97 Å². The quantitative estimate of drug-likeness (QED) is 0.774. The molecule has 1 N–H and O–H groups in total. The molecule has 0 unspecified atom stereocenters. The number of aryl methyl sites for hydroxylation is 1. The number of halogens is 1. The highest BCUT2D eigenvalue weighted by molar-refractivity contribution is 6.31. The van der Waals surface area contributed by atoms with E-state index in [-0.39, 0.29) is 0 Å². The fourth-order valence-electron chi connectivity index (χ4n) is 1.15. The third-order valence-electron chi connectivity index (χ3n) is 1.82. The molecule has 2 nitrogen and oxygen atoms in total. The predicted molar refractivity (Wildman–Crippen MR) is 59.2 cm³/mol. The molecule has 0 atom stereocenters.